The molecule has 0 aliphatic rings. The van der Waals surface area contributed by atoms with Crippen LogP contribution in [0.2, 0.25) is 5.02 Å². The zero-order chi connectivity index (χ0) is 18.5. The van der Waals surface area contributed by atoms with Gasteiger partial charge in [-0.25, -0.2) is 0 Å². The van der Waals surface area contributed by atoms with Crippen molar-refractivity contribution in [1.82, 2.24) is 0 Å². The molecule has 0 heterocycles. The lowest BCUT2D eigenvalue weighted by Crippen LogP contribution is -2.20. The van der Waals surface area contributed by atoms with Gasteiger partial charge in [-0.2, -0.15) is 0 Å². The lowest BCUT2D eigenvalue weighted by molar-refractivity contribution is -0.118. The molecule has 0 saturated carbocycles. The first-order valence-electron chi connectivity index (χ1n) is 8.38. The van der Waals surface area contributed by atoms with E-state index in [1.54, 1.807) is 0 Å². The predicted molar refractivity (Wildman–Crippen MR) is 107 cm³/mol. The fourth-order valence-electron chi connectivity index (χ4n) is 2.84. The fourth-order valence-corrected chi connectivity index (χ4v) is 3.16. The summed E-state index contributed by atoms with van der Waals surface area (Å²) < 4.78 is 5.68. The first-order chi connectivity index (χ1) is 12.5. The average molecular weight is 366 g/mol. The minimum Gasteiger partial charge on any atom is -0.483 e. The van der Waals surface area contributed by atoms with Gasteiger partial charge in [0.15, 0.2) is 6.61 Å². The van der Waals surface area contributed by atoms with Crippen molar-refractivity contribution < 1.29 is 9.53 Å². The van der Waals surface area contributed by atoms with Gasteiger partial charge < -0.3 is 10.1 Å². The van der Waals surface area contributed by atoms with E-state index in [0.29, 0.717) is 10.8 Å². The number of carbonyl (C=O) groups excluding carboxylic acids is 1. The zero-order valence-corrected chi connectivity index (χ0v) is 15.5. The van der Waals surface area contributed by atoms with E-state index in [1.807, 2.05) is 68.4 Å². The summed E-state index contributed by atoms with van der Waals surface area (Å²) in [6, 6.07) is 21.5. The van der Waals surface area contributed by atoms with Crippen LogP contribution in [0, 0.1) is 13.8 Å². The number of benzene rings is 3. The molecule has 3 nitrogen and oxygen atoms in total. The highest BCUT2D eigenvalue weighted by atomic mass is 35.5. The normalized spacial score (nSPS) is 10.4. The monoisotopic (exact) mass is 365 g/mol. The van der Waals surface area contributed by atoms with Crippen LogP contribution < -0.4 is 10.1 Å². The Balaban J connectivity index is 1.60. The van der Waals surface area contributed by atoms with Gasteiger partial charge in [0.2, 0.25) is 0 Å². The maximum atomic E-state index is 12.2. The molecule has 0 aliphatic carbocycles. The molecule has 26 heavy (non-hydrogen) atoms. The minimum atomic E-state index is -0.203. The highest BCUT2D eigenvalue weighted by Gasteiger charge is 2.09. The second-order valence-electron chi connectivity index (χ2n) is 6.15. The molecule has 0 atom stereocenters. The second-order valence-corrected chi connectivity index (χ2v) is 6.59. The molecular formula is C22H20ClNO2. The Morgan fingerprint density at radius 2 is 1.50 bits per heavy atom. The van der Waals surface area contributed by atoms with Gasteiger partial charge in [0.1, 0.15) is 5.75 Å². The van der Waals surface area contributed by atoms with E-state index in [0.717, 1.165) is 27.9 Å². The molecule has 0 spiro atoms. The summed E-state index contributed by atoms with van der Waals surface area (Å²) in [6.45, 7) is 3.77. The lowest BCUT2D eigenvalue weighted by atomic mass is 10.1. The Kier molecular flexibility index (Phi) is 5.59. The first-order valence-corrected chi connectivity index (χ1v) is 8.75. The molecule has 3 rings (SSSR count). The van der Waals surface area contributed by atoms with Gasteiger partial charge >= 0.3 is 0 Å². The molecule has 4 heteroatoms. The standard InChI is InChI=1S/C22H20ClNO2/c1-15-12-19(23)13-16(2)22(15)26-14-21(25)24-20-10-8-18(9-11-20)17-6-4-3-5-7-17/h3-13H,14H2,1-2H3,(H,24,25). The van der Waals surface area contributed by atoms with Crippen LogP contribution in [-0.4, -0.2) is 12.5 Å². The van der Waals surface area contributed by atoms with Crippen LogP contribution in [0.3, 0.4) is 0 Å². The van der Waals surface area contributed by atoms with Crippen LogP contribution in [0.5, 0.6) is 5.75 Å². The quantitative estimate of drug-likeness (QED) is 0.635. The van der Waals surface area contributed by atoms with Gasteiger partial charge in [0.25, 0.3) is 5.91 Å². The average Bonchev–Trinajstić information content (AvgIpc) is 2.62. The molecule has 3 aromatic carbocycles. The Bertz CT molecular complexity index is 882. The van der Waals surface area contributed by atoms with Crippen LogP contribution in [0.25, 0.3) is 11.1 Å². The van der Waals surface area contributed by atoms with E-state index < -0.39 is 0 Å². The van der Waals surface area contributed by atoms with Gasteiger partial charge in [-0.3, -0.25) is 4.79 Å². The number of carbonyl (C=O) groups is 1. The fraction of sp³-hybridized carbons (Fsp3) is 0.136. The van der Waals surface area contributed by atoms with Crippen LogP contribution in [-0.2, 0) is 4.79 Å². The molecule has 0 fully saturated rings. The van der Waals surface area contributed by atoms with E-state index in [4.69, 9.17) is 16.3 Å². The first kappa shape index (κ1) is 18.0. The Hall–Kier alpha value is -2.78. The third-order valence-corrected chi connectivity index (χ3v) is 4.27. The summed E-state index contributed by atoms with van der Waals surface area (Å²) in [5.41, 5.74) is 4.81. The summed E-state index contributed by atoms with van der Waals surface area (Å²) in [4.78, 5) is 12.2. The van der Waals surface area contributed by atoms with Crippen LogP contribution in [0.4, 0.5) is 5.69 Å². The summed E-state index contributed by atoms with van der Waals surface area (Å²) in [5.74, 6) is 0.496. The molecule has 3 aromatic rings. The van der Waals surface area contributed by atoms with Crippen LogP contribution >= 0.6 is 11.6 Å². The maximum absolute atomic E-state index is 12.2. The minimum absolute atomic E-state index is 0.0518. The van der Waals surface area contributed by atoms with E-state index in [-0.39, 0.29) is 12.5 Å². The number of hydrogen-bond acceptors (Lipinski definition) is 2. The number of rotatable bonds is 5. The number of anilines is 1. The molecule has 0 radical (unpaired) electrons. The van der Waals surface area contributed by atoms with Crippen molar-refractivity contribution >= 4 is 23.2 Å². The van der Waals surface area contributed by atoms with Crippen LogP contribution in [0.1, 0.15) is 11.1 Å². The highest BCUT2D eigenvalue weighted by Crippen LogP contribution is 2.27. The maximum Gasteiger partial charge on any atom is 0.262 e. The largest absolute Gasteiger partial charge is 0.483 e. The Morgan fingerprint density at radius 3 is 2.12 bits per heavy atom. The number of nitrogens with one attached hydrogen (secondary N) is 1. The Labute approximate surface area is 158 Å². The molecular weight excluding hydrogens is 346 g/mol. The molecule has 1 amide bonds. The van der Waals surface area contributed by atoms with Crippen molar-refractivity contribution in [2.75, 3.05) is 11.9 Å². The van der Waals surface area contributed by atoms with Crippen molar-refractivity contribution in [2.45, 2.75) is 13.8 Å². The second kappa shape index (κ2) is 8.07. The molecule has 0 unspecified atom stereocenters. The van der Waals surface area contributed by atoms with Crippen LogP contribution in [0.15, 0.2) is 66.7 Å². The zero-order valence-electron chi connectivity index (χ0n) is 14.8. The van der Waals surface area contributed by atoms with Gasteiger partial charge in [-0.05, 0) is 60.4 Å². The number of aryl methyl sites for hydroxylation is 2. The Morgan fingerprint density at radius 1 is 0.923 bits per heavy atom. The van der Waals surface area contributed by atoms with Crippen molar-refractivity contribution in [3.05, 3.63) is 82.9 Å². The summed E-state index contributed by atoms with van der Waals surface area (Å²) in [5, 5.41) is 3.51. The van der Waals surface area contributed by atoms with Gasteiger partial charge in [0, 0.05) is 10.7 Å². The molecule has 132 valence electrons. The smallest absolute Gasteiger partial charge is 0.262 e. The van der Waals surface area contributed by atoms with E-state index >= 15 is 0 Å². The van der Waals surface area contributed by atoms with Gasteiger partial charge in [-0.1, -0.05) is 54.1 Å². The summed E-state index contributed by atoms with van der Waals surface area (Å²) in [6.07, 6.45) is 0. The van der Waals surface area contributed by atoms with Crippen molar-refractivity contribution in [2.24, 2.45) is 0 Å². The SMILES string of the molecule is Cc1cc(Cl)cc(C)c1OCC(=O)Nc1ccc(-c2ccccc2)cc1. The molecule has 0 bridgehead atoms. The van der Waals surface area contributed by atoms with Gasteiger partial charge in [-0.15, -0.1) is 0 Å². The number of hydrogen-bond donors (Lipinski definition) is 1. The number of amides is 1. The molecule has 0 saturated heterocycles. The van der Waals surface area contributed by atoms with E-state index in [2.05, 4.69) is 17.4 Å². The van der Waals surface area contributed by atoms with E-state index in [1.165, 1.54) is 0 Å². The molecule has 0 aliphatic heterocycles. The number of halogens is 1. The van der Waals surface area contributed by atoms with Crippen molar-refractivity contribution in [3.8, 4) is 16.9 Å². The van der Waals surface area contributed by atoms with E-state index in [9.17, 15) is 4.79 Å². The highest BCUT2D eigenvalue weighted by molar-refractivity contribution is 6.30. The third kappa shape index (κ3) is 4.44. The summed E-state index contributed by atoms with van der Waals surface area (Å²) in [7, 11) is 0. The van der Waals surface area contributed by atoms with Crippen molar-refractivity contribution in [1.29, 1.82) is 0 Å². The third-order valence-electron chi connectivity index (χ3n) is 4.05. The van der Waals surface area contributed by atoms with Gasteiger partial charge in [0.05, 0.1) is 0 Å². The lowest BCUT2D eigenvalue weighted by Gasteiger charge is -2.13. The summed E-state index contributed by atoms with van der Waals surface area (Å²) >= 11 is 6.01. The number of ether oxygens (including phenoxy) is 1. The van der Waals surface area contributed by atoms with Crippen molar-refractivity contribution in [3.63, 3.8) is 0 Å². The molecule has 0 aromatic heterocycles. The topological polar surface area (TPSA) is 38.3 Å². The molecule has 1 N–H and O–H groups in total. The predicted octanol–water partition coefficient (Wildman–Crippen LogP) is 5.64.